The molecule has 1 amide bonds. The molecule has 2 rings (SSSR count). The number of hydrogen-bond donors (Lipinski definition) is 2. The maximum absolute atomic E-state index is 12.0. The summed E-state index contributed by atoms with van der Waals surface area (Å²) in [5.74, 6) is -1.09. The van der Waals surface area contributed by atoms with E-state index in [0.717, 1.165) is 19.3 Å². The first-order valence-corrected chi connectivity index (χ1v) is 6.08. The number of carboxylic acids is 1. The first kappa shape index (κ1) is 12.5. The van der Waals surface area contributed by atoms with E-state index in [1.54, 1.807) is 0 Å². The van der Waals surface area contributed by atoms with Gasteiger partial charge < -0.3 is 10.4 Å². The van der Waals surface area contributed by atoms with Crippen molar-refractivity contribution in [3.05, 3.63) is 29.6 Å². The first-order chi connectivity index (χ1) is 8.59. The molecule has 1 aromatic heterocycles. The molecule has 18 heavy (non-hydrogen) atoms. The minimum Gasteiger partial charge on any atom is -0.478 e. The van der Waals surface area contributed by atoms with Crippen LogP contribution in [0.5, 0.6) is 0 Å². The lowest BCUT2D eigenvalue weighted by atomic mass is 10.1. The van der Waals surface area contributed by atoms with Gasteiger partial charge in [0.1, 0.15) is 5.69 Å². The number of carbonyl (C=O) groups is 2. The zero-order valence-corrected chi connectivity index (χ0v) is 10.2. The molecule has 96 valence electrons. The predicted molar refractivity (Wildman–Crippen MR) is 65.5 cm³/mol. The van der Waals surface area contributed by atoms with Gasteiger partial charge in [0.2, 0.25) is 0 Å². The van der Waals surface area contributed by atoms with Crippen molar-refractivity contribution in [1.29, 1.82) is 0 Å². The summed E-state index contributed by atoms with van der Waals surface area (Å²) in [4.78, 5) is 26.9. The Morgan fingerprint density at radius 2 is 2.22 bits per heavy atom. The molecule has 5 heteroatoms. The second kappa shape index (κ2) is 5.16. The molecule has 0 spiro atoms. The van der Waals surface area contributed by atoms with Gasteiger partial charge in [0.05, 0.1) is 5.56 Å². The maximum atomic E-state index is 12.0. The van der Waals surface area contributed by atoms with Crippen LogP contribution in [0.3, 0.4) is 0 Å². The van der Waals surface area contributed by atoms with E-state index in [1.165, 1.54) is 18.3 Å². The average Bonchev–Trinajstić information content (AvgIpc) is 2.75. The van der Waals surface area contributed by atoms with E-state index in [4.69, 9.17) is 5.11 Å². The number of amides is 1. The average molecular weight is 248 g/mol. The molecule has 0 aromatic carbocycles. The van der Waals surface area contributed by atoms with E-state index in [0.29, 0.717) is 5.92 Å². The molecule has 0 aliphatic heterocycles. The molecule has 1 aromatic rings. The Morgan fingerprint density at radius 1 is 1.44 bits per heavy atom. The van der Waals surface area contributed by atoms with Gasteiger partial charge in [0, 0.05) is 12.2 Å². The summed E-state index contributed by atoms with van der Waals surface area (Å²) < 4.78 is 0. The molecule has 2 N–H and O–H groups in total. The van der Waals surface area contributed by atoms with Crippen molar-refractivity contribution < 1.29 is 14.7 Å². The summed E-state index contributed by atoms with van der Waals surface area (Å²) in [5.41, 5.74) is -0.0650. The van der Waals surface area contributed by atoms with Crippen LogP contribution in [0.15, 0.2) is 18.3 Å². The van der Waals surface area contributed by atoms with E-state index < -0.39 is 11.9 Å². The van der Waals surface area contributed by atoms with Gasteiger partial charge in [0.25, 0.3) is 5.91 Å². The Kier molecular flexibility index (Phi) is 3.60. The second-order valence-corrected chi connectivity index (χ2v) is 4.69. The van der Waals surface area contributed by atoms with Gasteiger partial charge in [-0.1, -0.05) is 13.3 Å². The fraction of sp³-hybridized carbons (Fsp3) is 0.462. The molecule has 0 radical (unpaired) electrons. The van der Waals surface area contributed by atoms with Crippen LogP contribution in [-0.4, -0.2) is 28.0 Å². The number of pyridine rings is 1. The molecule has 5 nitrogen and oxygen atoms in total. The van der Waals surface area contributed by atoms with Gasteiger partial charge in [-0.25, -0.2) is 4.79 Å². The molecular formula is C13H16N2O3. The molecule has 1 saturated carbocycles. The van der Waals surface area contributed by atoms with Crippen LogP contribution < -0.4 is 5.32 Å². The standard InChI is InChI=1S/C13H16N2O3/c1-8-4-2-6-10(8)15-12(16)11-9(13(17)18)5-3-7-14-11/h3,5,7-8,10H,2,4,6H2,1H3,(H,15,16)(H,17,18). The summed E-state index contributed by atoms with van der Waals surface area (Å²) in [5, 5.41) is 11.9. The van der Waals surface area contributed by atoms with Crippen LogP contribution in [0.2, 0.25) is 0 Å². The molecular weight excluding hydrogens is 232 g/mol. The zero-order chi connectivity index (χ0) is 13.1. The highest BCUT2D eigenvalue weighted by Crippen LogP contribution is 2.25. The van der Waals surface area contributed by atoms with E-state index in [-0.39, 0.29) is 17.3 Å². The van der Waals surface area contributed by atoms with Crippen LogP contribution in [0.25, 0.3) is 0 Å². The highest BCUT2D eigenvalue weighted by molar-refractivity contribution is 6.03. The summed E-state index contributed by atoms with van der Waals surface area (Å²) in [6, 6.07) is 3.03. The Balaban J connectivity index is 2.16. The molecule has 2 unspecified atom stereocenters. The van der Waals surface area contributed by atoms with Crippen molar-refractivity contribution in [1.82, 2.24) is 10.3 Å². The van der Waals surface area contributed by atoms with Crippen molar-refractivity contribution in [2.75, 3.05) is 0 Å². The normalized spacial score (nSPS) is 22.7. The Labute approximate surface area is 105 Å². The number of rotatable bonds is 3. The van der Waals surface area contributed by atoms with Gasteiger partial charge in [-0.2, -0.15) is 0 Å². The smallest absolute Gasteiger partial charge is 0.338 e. The quantitative estimate of drug-likeness (QED) is 0.853. The minimum absolute atomic E-state index is 0.0101. The number of carboxylic acid groups (broad SMARTS) is 1. The van der Waals surface area contributed by atoms with Gasteiger partial charge in [-0.15, -0.1) is 0 Å². The van der Waals surface area contributed by atoms with Gasteiger partial charge >= 0.3 is 5.97 Å². The number of aromatic nitrogens is 1. The topological polar surface area (TPSA) is 79.3 Å². The summed E-state index contributed by atoms with van der Waals surface area (Å²) in [6.07, 6.45) is 4.57. The third-order valence-electron chi connectivity index (χ3n) is 3.43. The number of nitrogens with zero attached hydrogens (tertiary/aromatic N) is 1. The van der Waals surface area contributed by atoms with Crippen molar-refractivity contribution in [3.8, 4) is 0 Å². The third-order valence-corrected chi connectivity index (χ3v) is 3.43. The number of nitrogens with one attached hydrogen (secondary N) is 1. The Morgan fingerprint density at radius 3 is 2.83 bits per heavy atom. The minimum atomic E-state index is -1.13. The first-order valence-electron chi connectivity index (χ1n) is 6.08. The fourth-order valence-electron chi connectivity index (χ4n) is 2.36. The molecule has 1 heterocycles. The van der Waals surface area contributed by atoms with E-state index in [2.05, 4.69) is 17.2 Å². The van der Waals surface area contributed by atoms with E-state index in [9.17, 15) is 9.59 Å². The lowest BCUT2D eigenvalue weighted by Gasteiger charge is -2.17. The van der Waals surface area contributed by atoms with Crippen LogP contribution in [0.1, 0.15) is 47.0 Å². The third kappa shape index (κ3) is 2.50. The van der Waals surface area contributed by atoms with Crippen molar-refractivity contribution in [2.45, 2.75) is 32.2 Å². The highest BCUT2D eigenvalue weighted by Gasteiger charge is 2.27. The van der Waals surface area contributed by atoms with Crippen molar-refractivity contribution in [2.24, 2.45) is 5.92 Å². The van der Waals surface area contributed by atoms with Crippen LogP contribution >= 0.6 is 0 Å². The number of aromatic carboxylic acids is 1. The second-order valence-electron chi connectivity index (χ2n) is 4.69. The molecule has 0 saturated heterocycles. The lowest BCUT2D eigenvalue weighted by Crippen LogP contribution is -2.37. The molecule has 2 atom stereocenters. The van der Waals surface area contributed by atoms with Crippen LogP contribution in [0, 0.1) is 5.92 Å². The zero-order valence-electron chi connectivity index (χ0n) is 10.2. The molecule has 1 fully saturated rings. The van der Waals surface area contributed by atoms with Gasteiger partial charge in [-0.3, -0.25) is 9.78 Å². The monoisotopic (exact) mass is 248 g/mol. The summed E-state index contributed by atoms with van der Waals surface area (Å²) in [7, 11) is 0. The number of hydrogen-bond acceptors (Lipinski definition) is 3. The summed E-state index contributed by atoms with van der Waals surface area (Å²) >= 11 is 0. The molecule has 1 aliphatic rings. The Bertz CT molecular complexity index is 473. The predicted octanol–water partition coefficient (Wildman–Crippen LogP) is 1.70. The lowest BCUT2D eigenvalue weighted by molar-refractivity contribution is 0.0689. The van der Waals surface area contributed by atoms with Crippen LogP contribution in [-0.2, 0) is 0 Å². The fourth-order valence-corrected chi connectivity index (χ4v) is 2.36. The van der Waals surface area contributed by atoms with Crippen molar-refractivity contribution >= 4 is 11.9 Å². The van der Waals surface area contributed by atoms with Crippen molar-refractivity contribution in [3.63, 3.8) is 0 Å². The van der Waals surface area contributed by atoms with E-state index >= 15 is 0 Å². The maximum Gasteiger partial charge on any atom is 0.338 e. The number of carbonyl (C=O) groups excluding carboxylic acids is 1. The van der Waals surface area contributed by atoms with Gasteiger partial charge in [-0.05, 0) is 30.9 Å². The largest absolute Gasteiger partial charge is 0.478 e. The SMILES string of the molecule is CC1CCCC1NC(=O)c1ncccc1C(=O)O. The van der Waals surface area contributed by atoms with Crippen LogP contribution in [0.4, 0.5) is 0 Å². The molecule has 0 bridgehead atoms. The Hall–Kier alpha value is -1.91. The highest BCUT2D eigenvalue weighted by atomic mass is 16.4. The van der Waals surface area contributed by atoms with Gasteiger partial charge in [0.15, 0.2) is 0 Å². The summed E-state index contributed by atoms with van der Waals surface area (Å²) in [6.45, 7) is 2.09. The molecule has 1 aliphatic carbocycles. The van der Waals surface area contributed by atoms with E-state index in [1.807, 2.05) is 0 Å².